The van der Waals surface area contributed by atoms with Crippen molar-refractivity contribution >= 4 is 23.2 Å². The second kappa shape index (κ2) is 4.50. The third kappa shape index (κ3) is 2.05. The third-order valence-electron chi connectivity index (χ3n) is 4.14. The van der Waals surface area contributed by atoms with Crippen LogP contribution in [0.1, 0.15) is 43.2 Å². The van der Waals surface area contributed by atoms with E-state index >= 15 is 0 Å². The van der Waals surface area contributed by atoms with Crippen molar-refractivity contribution in [3.05, 3.63) is 29.3 Å². The number of hydrogen-bond donors (Lipinski definition) is 1. The maximum absolute atomic E-state index is 11.9. The van der Waals surface area contributed by atoms with E-state index in [0.29, 0.717) is 0 Å². The van der Waals surface area contributed by atoms with E-state index in [4.69, 9.17) is 16.3 Å². The molecule has 4 heteroatoms. The van der Waals surface area contributed by atoms with Crippen LogP contribution in [0.3, 0.4) is 0 Å². The summed E-state index contributed by atoms with van der Waals surface area (Å²) in [6, 6.07) is 5.98. The first-order chi connectivity index (χ1) is 9.00. The number of rotatable bonds is 2. The smallest absolute Gasteiger partial charge is 0.234 e. The molecule has 0 aromatic heterocycles. The molecular formula is C15H18ClNO2. The zero-order valence-corrected chi connectivity index (χ0v) is 12.0. The van der Waals surface area contributed by atoms with Crippen LogP contribution in [0.2, 0.25) is 0 Å². The molecule has 0 bridgehead atoms. The molecule has 1 fully saturated rings. The Morgan fingerprint density at radius 2 is 2.26 bits per heavy atom. The Morgan fingerprint density at radius 1 is 1.47 bits per heavy atom. The standard InChI is InChI=1S/C15H18ClNO2/c1-15(2)10-8-9(5-6-11(10)17-14(15)18)13(16)12-4-3-7-19-12/h5-6,8,12-13H,3-4,7H2,1-2H3,(H,17,18). The molecule has 3 rings (SSSR count). The van der Waals surface area contributed by atoms with Crippen LogP contribution in [0.5, 0.6) is 0 Å². The van der Waals surface area contributed by atoms with Crippen molar-refractivity contribution in [3.63, 3.8) is 0 Å². The molecule has 2 heterocycles. The summed E-state index contributed by atoms with van der Waals surface area (Å²) in [6.07, 6.45) is 2.17. The predicted octanol–water partition coefficient (Wildman–Crippen LogP) is 3.38. The fraction of sp³-hybridized carbons (Fsp3) is 0.533. The molecule has 0 radical (unpaired) electrons. The van der Waals surface area contributed by atoms with Crippen LogP contribution in [-0.4, -0.2) is 18.6 Å². The lowest BCUT2D eigenvalue weighted by molar-refractivity contribution is -0.119. The zero-order chi connectivity index (χ0) is 13.6. The SMILES string of the molecule is CC1(C)C(=O)Nc2ccc(C(Cl)C3CCCO3)cc21. The van der Waals surface area contributed by atoms with Gasteiger partial charge in [-0.15, -0.1) is 11.6 Å². The molecule has 1 amide bonds. The number of carbonyl (C=O) groups excluding carboxylic acids is 1. The monoisotopic (exact) mass is 279 g/mol. The lowest BCUT2D eigenvalue weighted by atomic mass is 9.85. The lowest BCUT2D eigenvalue weighted by Crippen LogP contribution is -2.27. The minimum absolute atomic E-state index is 0.0443. The fourth-order valence-electron chi connectivity index (χ4n) is 2.81. The van der Waals surface area contributed by atoms with Crippen LogP contribution < -0.4 is 5.32 Å². The first kappa shape index (κ1) is 12.9. The Balaban J connectivity index is 1.94. The largest absolute Gasteiger partial charge is 0.376 e. The molecule has 0 aliphatic carbocycles. The van der Waals surface area contributed by atoms with E-state index in [1.54, 1.807) is 0 Å². The number of fused-ring (bicyclic) bond motifs is 1. The van der Waals surface area contributed by atoms with Gasteiger partial charge < -0.3 is 10.1 Å². The Labute approximate surface area is 118 Å². The second-order valence-electron chi connectivity index (χ2n) is 5.84. The van der Waals surface area contributed by atoms with Crippen molar-refractivity contribution in [2.75, 3.05) is 11.9 Å². The highest BCUT2D eigenvalue weighted by Crippen LogP contribution is 2.41. The number of anilines is 1. The summed E-state index contributed by atoms with van der Waals surface area (Å²) in [4.78, 5) is 11.9. The van der Waals surface area contributed by atoms with E-state index in [9.17, 15) is 4.79 Å². The molecule has 19 heavy (non-hydrogen) atoms. The van der Waals surface area contributed by atoms with Crippen LogP contribution in [0, 0.1) is 0 Å². The highest BCUT2D eigenvalue weighted by Gasteiger charge is 2.39. The van der Waals surface area contributed by atoms with Crippen LogP contribution >= 0.6 is 11.6 Å². The summed E-state index contributed by atoms with van der Waals surface area (Å²) in [5.41, 5.74) is 2.48. The van der Waals surface area contributed by atoms with Crippen LogP contribution in [0.15, 0.2) is 18.2 Å². The van der Waals surface area contributed by atoms with E-state index in [1.807, 2.05) is 32.0 Å². The molecule has 1 N–H and O–H groups in total. The van der Waals surface area contributed by atoms with Crippen molar-refractivity contribution in [1.82, 2.24) is 0 Å². The number of ether oxygens (including phenoxy) is 1. The van der Waals surface area contributed by atoms with E-state index in [0.717, 1.165) is 36.3 Å². The summed E-state index contributed by atoms with van der Waals surface area (Å²) in [7, 11) is 0. The lowest BCUT2D eigenvalue weighted by Gasteiger charge is -2.20. The van der Waals surface area contributed by atoms with Gasteiger partial charge in [-0.3, -0.25) is 4.79 Å². The molecule has 2 aliphatic rings. The number of amides is 1. The van der Waals surface area contributed by atoms with Gasteiger partial charge in [0.05, 0.1) is 16.9 Å². The topological polar surface area (TPSA) is 38.3 Å². The maximum Gasteiger partial charge on any atom is 0.234 e. The van der Waals surface area contributed by atoms with Gasteiger partial charge in [0.2, 0.25) is 5.91 Å². The van der Waals surface area contributed by atoms with E-state index in [-0.39, 0.29) is 17.4 Å². The van der Waals surface area contributed by atoms with Crippen LogP contribution in [0.25, 0.3) is 0 Å². The summed E-state index contributed by atoms with van der Waals surface area (Å²) in [5.74, 6) is 0.0443. The molecule has 0 spiro atoms. The van der Waals surface area contributed by atoms with Gasteiger partial charge in [0.15, 0.2) is 0 Å². The first-order valence-electron chi connectivity index (χ1n) is 6.72. The Hall–Kier alpha value is -1.06. The van der Waals surface area contributed by atoms with Crippen molar-refractivity contribution in [3.8, 4) is 0 Å². The highest BCUT2D eigenvalue weighted by atomic mass is 35.5. The highest BCUT2D eigenvalue weighted by molar-refractivity contribution is 6.21. The summed E-state index contributed by atoms with van der Waals surface area (Å²) < 4.78 is 5.65. The molecule has 3 nitrogen and oxygen atoms in total. The number of benzene rings is 1. The summed E-state index contributed by atoms with van der Waals surface area (Å²) in [5, 5.41) is 2.77. The van der Waals surface area contributed by atoms with Crippen molar-refractivity contribution in [2.45, 2.75) is 43.6 Å². The van der Waals surface area contributed by atoms with Crippen molar-refractivity contribution in [2.24, 2.45) is 0 Å². The Bertz CT molecular complexity index is 521. The van der Waals surface area contributed by atoms with Gasteiger partial charge >= 0.3 is 0 Å². The van der Waals surface area contributed by atoms with E-state index in [1.165, 1.54) is 0 Å². The van der Waals surface area contributed by atoms with Gasteiger partial charge in [-0.2, -0.15) is 0 Å². The molecular weight excluding hydrogens is 262 g/mol. The van der Waals surface area contributed by atoms with Gasteiger partial charge in [-0.25, -0.2) is 0 Å². The van der Waals surface area contributed by atoms with E-state index < -0.39 is 5.41 Å². The molecule has 2 unspecified atom stereocenters. The number of halogens is 1. The van der Waals surface area contributed by atoms with Crippen molar-refractivity contribution in [1.29, 1.82) is 0 Å². The van der Waals surface area contributed by atoms with Gasteiger partial charge in [-0.1, -0.05) is 12.1 Å². The molecule has 102 valence electrons. The minimum Gasteiger partial charge on any atom is -0.376 e. The van der Waals surface area contributed by atoms with Crippen LogP contribution in [-0.2, 0) is 14.9 Å². The molecule has 1 aromatic carbocycles. The van der Waals surface area contributed by atoms with Gasteiger partial charge in [0, 0.05) is 12.3 Å². The van der Waals surface area contributed by atoms with Gasteiger partial charge in [-0.05, 0) is 43.9 Å². The first-order valence-corrected chi connectivity index (χ1v) is 7.15. The zero-order valence-electron chi connectivity index (χ0n) is 11.2. The number of alkyl halides is 1. The maximum atomic E-state index is 11.9. The Morgan fingerprint density at radius 3 is 2.95 bits per heavy atom. The third-order valence-corrected chi connectivity index (χ3v) is 4.68. The second-order valence-corrected chi connectivity index (χ2v) is 6.31. The molecule has 1 saturated heterocycles. The van der Waals surface area contributed by atoms with Gasteiger partial charge in [0.1, 0.15) is 0 Å². The minimum atomic E-state index is -0.488. The normalized spacial score (nSPS) is 26.1. The molecule has 0 saturated carbocycles. The summed E-state index contributed by atoms with van der Waals surface area (Å²) >= 11 is 6.51. The average molecular weight is 280 g/mol. The van der Waals surface area contributed by atoms with Crippen molar-refractivity contribution < 1.29 is 9.53 Å². The molecule has 2 aliphatic heterocycles. The number of hydrogen-bond acceptors (Lipinski definition) is 2. The molecule has 2 atom stereocenters. The van der Waals surface area contributed by atoms with E-state index in [2.05, 4.69) is 5.32 Å². The quantitative estimate of drug-likeness (QED) is 0.843. The average Bonchev–Trinajstić information content (AvgIpc) is 2.98. The number of nitrogens with one attached hydrogen (secondary N) is 1. The predicted molar refractivity (Wildman–Crippen MR) is 75.7 cm³/mol. The van der Waals surface area contributed by atoms with Crippen LogP contribution in [0.4, 0.5) is 5.69 Å². The van der Waals surface area contributed by atoms with Gasteiger partial charge in [0.25, 0.3) is 0 Å². The molecule has 1 aromatic rings. The Kier molecular flexibility index (Phi) is 3.06. The fourth-order valence-corrected chi connectivity index (χ4v) is 3.14. The summed E-state index contributed by atoms with van der Waals surface area (Å²) in [6.45, 7) is 4.67. The number of carbonyl (C=O) groups is 1.